The molecule has 0 saturated carbocycles. The molecule has 0 radical (unpaired) electrons. The quantitative estimate of drug-likeness (QED) is 0.832. The van der Waals surface area contributed by atoms with Crippen LogP contribution < -0.4 is 0 Å². The Morgan fingerprint density at radius 3 is 2.40 bits per heavy atom. The van der Waals surface area contributed by atoms with E-state index in [9.17, 15) is 17.9 Å². The molecule has 25 heavy (non-hydrogen) atoms. The molecule has 3 rings (SSSR count). The SMILES string of the molecule is O=S(=O)(c1cc(Cl)cc(Cl)c1O)N1CC=C(c2ccc(F)cc2)CC1. The van der Waals surface area contributed by atoms with Gasteiger partial charge in [-0.1, -0.05) is 41.4 Å². The molecule has 0 unspecified atom stereocenters. The number of benzene rings is 2. The zero-order valence-corrected chi connectivity index (χ0v) is 15.2. The van der Waals surface area contributed by atoms with Gasteiger partial charge in [-0.25, -0.2) is 12.8 Å². The first kappa shape index (κ1) is 18.2. The van der Waals surface area contributed by atoms with Crippen molar-refractivity contribution < 1.29 is 17.9 Å². The molecule has 0 aromatic heterocycles. The fraction of sp³-hybridized carbons (Fsp3) is 0.176. The Bertz CT molecular complexity index is 943. The smallest absolute Gasteiger partial charge is 0.247 e. The molecule has 1 aliphatic rings. The van der Waals surface area contributed by atoms with Crippen molar-refractivity contribution in [2.45, 2.75) is 11.3 Å². The first-order valence-corrected chi connectivity index (χ1v) is 9.62. The van der Waals surface area contributed by atoms with Crippen LogP contribution in [0.25, 0.3) is 5.57 Å². The summed E-state index contributed by atoms with van der Waals surface area (Å²) in [4.78, 5) is -0.316. The molecule has 0 bridgehead atoms. The maximum Gasteiger partial charge on any atom is 0.247 e. The van der Waals surface area contributed by atoms with Crippen molar-refractivity contribution in [2.75, 3.05) is 13.1 Å². The predicted molar refractivity (Wildman–Crippen MR) is 95.9 cm³/mol. The van der Waals surface area contributed by atoms with Crippen molar-refractivity contribution in [1.29, 1.82) is 0 Å². The van der Waals surface area contributed by atoms with E-state index in [1.807, 2.05) is 0 Å². The van der Waals surface area contributed by atoms with Gasteiger partial charge in [0.1, 0.15) is 10.7 Å². The summed E-state index contributed by atoms with van der Waals surface area (Å²) in [7, 11) is -3.94. The summed E-state index contributed by atoms with van der Waals surface area (Å²) >= 11 is 11.7. The number of hydrogen-bond acceptors (Lipinski definition) is 3. The van der Waals surface area contributed by atoms with Crippen LogP contribution in [0.4, 0.5) is 4.39 Å². The van der Waals surface area contributed by atoms with Crippen LogP contribution in [0, 0.1) is 5.82 Å². The van der Waals surface area contributed by atoms with Crippen LogP contribution >= 0.6 is 23.2 Å². The van der Waals surface area contributed by atoms with E-state index in [4.69, 9.17) is 23.2 Å². The number of phenols is 1. The maximum atomic E-state index is 13.0. The molecule has 0 amide bonds. The molecule has 1 heterocycles. The van der Waals surface area contributed by atoms with Gasteiger partial charge in [-0.05, 0) is 41.8 Å². The molecule has 2 aromatic carbocycles. The molecule has 2 aromatic rings. The van der Waals surface area contributed by atoms with Gasteiger partial charge in [0, 0.05) is 18.1 Å². The lowest BCUT2D eigenvalue weighted by molar-refractivity contribution is 0.426. The fourth-order valence-electron chi connectivity index (χ4n) is 2.67. The molecule has 1 N–H and O–H groups in total. The highest BCUT2D eigenvalue weighted by atomic mass is 35.5. The average Bonchev–Trinajstić information content (AvgIpc) is 2.59. The van der Waals surface area contributed by atoms with Gasteiger partial charge in [0.05, 0.1) is 5.02 Å². The Kier molecular flexibility index (Phi) is 5.06. The van der Waals surface area contributed by atoms with Crippen LogP contribution in [0.5, 0.6) is 5.75 Å². The Labute approximate surface area is 155 Å². The second kappa shape index (κ2) is 6.96. The summed E-state index contributed by atoms with van der Waals surface area (Å²) in [6.07, 6.45) is 2.25. The van der Waals surface area contributed by atoms with Gasteiger partial charge in [0.25, 0.3) is 0 Å². The van der Waals surface area contributed by atoms with Crippen molar-refractivity contribution >= 4 is 38.8 Å². The van der Waals surface area contributed by atoms with Crippen LogP contribution in [0.15, 0.2) is 47.4 Å². The summed E-state index contributed by atoms with van der Waals surface area (Å²) in [5.74, 6) is -0.836. The standard InChI is InChI=1S/C17H14Cl2FNO3S/c18-13-9-15(19)17(22)16(10-13)25(23,24)21-7-5-12(6-8-21)11-1-3-14(20)4-2-11/h1-5,9-10,22H,6-8H2. The van der Waals surface area contributed by atoms with E-state index in [1.165, 1.54) is 28.6 Å². The van der Waals surface area contributed by atoms with E-state index < -0.39 is 15.8 Å². The Morgan fingerprint density at radius 1 is 1.12 bits per heavy atom. The number of nitrogens with zero attached hydrogens (tertiary/aromatic N) is 1. The van der Waals surface area contributed by atoms with Crippen molar-refractivity contribution in [1.82, 2.24) is 4.31 Å². The van der Waals surface area contributed by atoms with Crippen molar-refractivity contribution in [3.8, 4) is 5.75 Å². The molecule has 0 aliphatic carbocycles. The number of phenolic OH excluding ortho intramolecular Hbond substituents is 1. The molecule has 132 valence electrons. The van der Waals surface area contributed by atoms with Gasteiger partial charge in [-0.2, -0.15) is 4.31 Å². The highest BCUT2D eigenvalue weighted by Gasteiger charge is 2.30. The molecule has 4 nitrogen and oxygen atoms in total. The number of sulfonamides is 1. The summed E-state index contributed by atoms with van der Waals surface area (Å²) in [6, 6.07) is 8.51. The van der Waals surface area contributed by atoms with Gasteiger partial charge in [-0.3, -0.25) is 0 Å². The lowest BCUT2D eigenvalue weighted by Crippen LogP contribution is -2.34. The number of rotatable bonds is 3. The second-order valence-corrected chi connectivity index (χ2v) is 8.33. The molecule has 0 fully saturated rings. The topological polar surface area (TPSA) is 57.6 Å². The maximum absolute atomic E-state index is 13.0. The summed E-state index contributed by atoms with van der Waals surface area (Å²) in [6.45, 7) is 0.369. The lowest BCUT2D eigenvalue weighted by atomic mass is 10.0. The van der Waals surface area contributed by atoms with Crippen LogP contribution in [-0.2, 0) is 10.0 Å². The zero-order chi connectivity index (χ0) is 18.2. The highest BCUT2D eigenvalue weighted by Crippen LogP contribution is 2.36. The summed E-state index contributed by atoms with van der Waals surface area (Å²) < 4.78 is 39.8. The van der Waals surface area contributed by atoms with Crippen molar-refractivity contribution in [3.05, 3.63) is 63.9 Å². The van der Waals surface area contributed by atoms with E-state index in [0.717, 1.165) is 11.1 Å². The third-order valence-corrected chi connectivity index (χ3v) is 6.38. The Morgan fingerprint density at radius 2 is 1.80 bits per heavy atom. The predicted octanol–water partition coefficient (Wildman–Crippen LogP) is 4.32. The molecular weight excluding hydrogens is 388 g/mol. The molecule has 0 atom stereocenters. The normalized spacial score (nSPS) is 15.9. The Hall–Kier alpha value is -1.60. The van der Waals surface area contributed by atoms with E-state index in [-0.39, 0.29) is 33.8 Å². The van der Waals surface area contributed by atoms with Gasteiger partial charge in [-0.15, -0.1) is 0 Å². The van der Waals surface area contributed by atoms with E-state index in [2.05, 4.69) is 0 Å². The highest BCUT2D eigenvalue weighted by molar-refractivity contribution is 7.89. The van der Waals surface area contributed by atoms with Crippen LogP contribution in [0.3, 0.4) is 0 Å². The molecule has 1 aliphatic heterocycles. The third-order valence-electron chi connectivity index (χ3n) is 4.00. The van der Waals surface area contributed by atoms with Gasteiger partial charge >= 0.3 is 0 Å². The summed E-state index contributed by atoms with van der Waals surface area (Å²) in [5.41, 5.74) is 1.80. The van der Waals surface area contributed by atoms with E-state index >= 15 is 0 Å². The summed E-state index contributed by atoms with van der Waals surface area (Å²) in [5, 5.41) is 10.0. The number of hydrogen-bond donors (Lipinski definition) is 1. The largest absolute Gasteiger partial charge is 0.505 e. The van der Waals surface area contributed by atoms with Gasteiger partial charge < -0.3 is 5.11 Å². The lowest BCUT2D eigenvalue weighted by Gasteiger charge is -2.26. The fourth-order valence-corrected chi connectivity index (χ4v) is 4.80. The van der Waals surface area contributed by atoms with Crippen molar-refractivity contribution in [2.24, 2.45) is 0 Å². The minimum Gasteiger partial charge on any atom is -0.505 e. The second-order valence-electron chi connectivity index (χ2n) is 5.58. The number of aromatic hydroxyl groups is 1. The van der Waals surface area contributed by atoms with Crippen molar-refractivity contribution in [3.63, 3.8) is 0 Å². The first-order chi connectivity index (χ1) is 11.8. The minimum absolute atomic E-state index is 0.120. The van der Waals surface area contributed by atoms with E-state index in [1.54, 1.807) is 18.2 Å². The molecule has 0 spiro atoms. The molecule has 0 saturated heterocycles. The zero-order valence-electron chi connectivity index (χ0n) is 12.9. The van der Waals surface area contributed by atoms with Crippen LogP contribution in [0.1, 0.15) is 12.0 Å². The van der Waals surface area contributed by atoms with E-state index in [0.29, 0.717) is 6.42 Å². The average molecular weight is 402 g/mol. The van der Waals surface area contributed by atoms with Gasteiger partial charge in [0.2, 0.25) is 10.0 Å². The Balaban J connectivity index is 1.88. The first-order valence-electron chi connectivity index (χ1n) is 7.42. The van der Waals surface area contributed by atoms with Crippen LogP contribution in [-0.4, -0.2) is 30.9 Å². The van der Waals surface area contributed by atoms with Gasteiger partial charge in [0.15, 0.2) is 5.75 Å². The minimum atomic E-state index is -3.94. The molecule has 8 heteroatoms. The third kappa shape index (κ3) is 3.67. The van der Waals surface area contributed by atoms with Crippen LogP contribution in [0.2, 0.25) is 10.0 Å². The molecular formula is C17H14Cl2FNO3S. The number of halogens is 3. The monoisotopic (exact) mass is 401 g/mol.